The standard InChI is InChI=1S/C18H14N4/c19-13-14-6-5-11-20-18(14)22-17-10-4-9-16(12-17)21-15-7-2-1-3-8-15/h1-12,21H,(H,20,22). The first kappa shape index (κ1) is 13.7. The molecule has 3 rings (SSSR count). The first-order valence-electron chi connectivity index (χ1n) is 6.89. The number of benzene rings is 2. The van der Waals surface area contributed by atoms with E-state index in [4.69, 9.17) is 5.26 Å². The second kappa shape index (κ2) is 6.42. The fourth-order valence-electron chi connectivity index (χ4n) is 2.09. The summed E-state index contributed by atoms with van der Waals surface area (Å²) in [5, 5.41) is 15.6. The molecule has 0 aliphatic carbocycles. The highest BCUT2D eigenvalue weighted by atomic mass is 15.0. The van der Waals surface area contributed by atoms with Gasteiger partial charge >= 0.3 is 0 Å². The highest BCUT2D eigenvalue weighted by Gasteiger charge is 2.03. The number of pyridine rings is 1. The molecule has 3 aromatic rings. The van der Waals surface area contributed by atoms with Crippen LogP contribution < -0.4 is 10.6 Å². The van der Waals surface area contributed by atoms with Gasteiger partial charge in [0.1, 0.15) is 11.9 Å². The van der Waals surface area contributed by atoms with E-state index in [0.717, 1.165) is 17.1 Å². The van der Waals surface area contributed by atoms with Crippen LogP contribution in [0.15, 0.2) is 72.9 Å². The zero-order valence-electron chi connectivity index (χ0n) is 11.8. The number of anilines is 4. The van der Waals surface area contributed by atoms with Crippen LogP contribution in [-0.4, -0.2) is 4.98 Å². The second-order valence-corrected chi connectivity index (χ2v) is 4.71. The predicted octanol–water partition coefficient (Wildman–Crippen LogP) is 4.44. The van der Waals surface area contributed by atoms with Crippen LogP contribution >= 0.6 is 0 Å². The van der Waals surface area contributed by atoms with Crippen LogP contribution in [0.2, 0.25) is 0 Å². The second-order valence-electron chi connectivity index (χ2n) is 4.71. The van der Waals surface area contributed by atoms with Gasteiger partial charge in [-0.25, -0.2) is 4.98 Å². The first-order chi connectivity index (χ1) is 10.8. The van der Waals surface area contributed by atoms with Crippen molar-refractivity contribution >= 4 is 22.9 Å². The molecule has 2 N–H and O–H groups in total. The van der Waals surface area contributed by atoms with Crippen LogP contribution in [-0.2, 0) is 0 Å². The molecule has 4 heteroatoms. The number of hydrogen-bond acceptors (Lipinski definition) is 4. The fraction of sp³-hybridized carbons (Fsp3) is 0. The lowest BCUT2D eigenvalue weighted by Gasteiger charge is -2.10. The van der Waals surface area contributed by atoms with E-state index < -0.39 is 0 Å². The Kier molecular flexibility index (Phi) is 3.98. The molecule has 4 nitrogen and oxygen atoms in total. The minimum atomic E-state index is 0.518. The quantitative estimate of drug-likeness (QED) is 0.744. The highest BCUT2D eigenvalue weighted by Crippen LogP contribution is 2.23. The Labute approximate surface area is 129 Å². The van der Waals surface area contributed by atoms with Crippen molar-refractivity contribution in [3.8, 4) is 6.07 Å². The lowest BCUT2D eigenvalue weighted by Crippen LogP contribution is -1.97. The van der Waals surface area contributed by atoms with Crippen LogP contribution in [0.1, 0.15) is 5.56 Å². The molecular weight excluding hydrogens is 272 g/mol. The molecule has 106 valence electrons. The number of hydrogen-bond donors (Lipinski definition) is 2. The molecule has 0 unspecified atom stereocenters. The lowest BCUT2D eigenvalue weighted by atomic mass is 10.2. The zero-order chi connectivity index (χ0) is 15.2. The fourth-order valence-corrected chi connectivity index (χ4v) is 2.09. The van der Waals surface area contributed by atoms with Crippen molar-refractivity contribution in [2.45, 2.75) is 0 Å². The number of nitrogens with zero attached hydrogens (tertiary/aromatic N) is 2. The van der Waals surface area contributed by atoms with Crippen LogP contribution in [0.3, 0.4) is 0 Å². The largest absolute Gasteiger partial charge is 0.355 e. The maximum atomic E-state index is 9.10. The van der Waals surface area contributed by atoms with E-state index in [0.29, 0.717) is 11.4 Å². The van der Waals surface area contributed by atoms with Crippen LogP contribution in [0.25, 0.3) is 0 Å². The first-order valence-corrected chi connectivity index (χ1v) is 6.89. The minimum Gasteiger partial charge on any atom is -0.355 e. The Morgan fingerprint density at radius 2 is 1.50 bits per heavy atom. The smallest absolute Gasteiger partial charge is 0.148 e. The van der Waals surface area contributed by atoms with Gasteiger partial charge in [0, 0.05) is 23.3 Å². The van der Waals surface area contributed by atoms with E-state index in [1.165, 1.54) is 0 Å². The maximum absolute atomic E-state index is 9.10. The monoisotopic (exact) mass is 286 g/mol. The van der Waals surface area contributed by atoms with Crippen molar-refractivity contribution in [1.29, 1.82) is 5.26 Å². The third-order valence-electron chi connectivity index (χ3n) is 3.12. The van der Waals surface area contributed by atoms with Gasteiger partial charge in [-0.2, -0.15) is 5.26 Å². The van der Waals surface area contributed by atoms with Gasteiger partial charge in [-0.1, -0.05) is 24.3 Å². The van der Waals surface area contributed by atoms with Gasteiger partial charge in [-0.05, 0) is 42.5 Å². The van der Waals surface area contributed by atoms with E-state index in [1.807, 2.05) is 54.6 Å². The summed E-state index contributed by atoms with van der Waals surface area (Å²) < 4.78 is 0. The maximum Gasteiger partial charge on any atom is 0.148 e. The Morgan fingerprint density at radius 3 is 2.27 bits per heavy atom. The van der Waals surface area contributed by atoms with Crippen LogP contribution in [0.5, 0.6) is 0 Å². The van der Waals surface area contributed by atoms with E-state index >= 15 is 0 Å². The van der Waals surface area contributed by atoms with Crippen molar-refractivity contribution in [3.05, 3.63) is 78.5 Å². The van der Waals surface area contributed by atoms with Gasteiger partial charge in [0.05, 0.1) is 5.56 Å². The van der Waals surface area contributed by atoms with Crippen molar-refractivity contribution in [2.75, 3.05) is 10.6 Å². The van der Waals surface area contributed by atoms with Crippen molar-refractivity contribution in [3.63, 3.8) is 0 Å². The lowest BCUT2D eigenvalue weighted by molar-refractivity contribution is 1.28. The van der Waals surface area contributed by atoms with Crippen LogP contribution in [0.4, 0.5) is 22.9 Å². The molecule has 0 saturated heterocycles. The molecule has 0 bridgehead atoms. The Hall–Kier alpha value is -3.32. The molecule has 0 radical (unpaired) electrons. The summed E-state index contributed by atoms with van der Waals surface area (Å²) in [7, 11) is 0. The number of aromatic nitrogens is 1. The molecule has 22 heavy (non-hydrogen) atoms. The van der Waals surface area contributed by atoms with E-state index in [9.17, 15) is 0 Å². The predicted molar refractivity (Wildman–Crippen MR) is 88.4 cm³/mol. The number of nitriles is 1. The van der Waals surface area contributed by atoms with Gasteiger partial charge in [-0.15, -0.1) is 0 Å². The summed E-state index contributed by atoms with van der Waals surface area (Å²) in [6, 6.07) is 23.4. The molecule has 0 spiro atoms. The van der Waals surface area contributed by atoms with Crippen molar-refractivity contribution in [2.24, 2.45) is 0 Å². The third kappa shape index (κ3) is 3.22. The summed E-state index contributed by atoms with van der Waals surface area (Å²) in [4.78, 5) is 4.20. The molecular formula is C18H14N4. The average Bonchev–Trinajstić information content (AvgIpc) is 2.57. The molecule has 0 aliphatic heterocycles. The molecule has 2 aromatic carbocycles. The molecule has 1 heterocycles. The van der Waals surface area contributed by atoms with Gasteiger partial charge < -0.3 is 10.6 Å². The van der Waals surface area contributed by atoms with Gasteiger partial charge in [-0.3, -0.25) is 0 Å². The normalized spacial score (nSPS) is 9.77. The summed E-state index contributed by atoms with van der Waals surface area (Å²) in [6.45, 7) is 0. The molecule has 0 aliphatic rings. The Morgan fingerprint density at radius 1 is 0.773 bits per heavy atom. The molecule has 0 atom stereocenters. The molecule has 1 aromatic heterocycles. The number of nitrogens with one attached hydrogen (secondary N) is 2. The van der Waals surface area contributed by atoms with Crippen molar-refractivity contribution < 1.29 is 0 Å². The molecule has 0 amide bonds. The third-order valence-corrected chi connectivity index (χ3v) is 3.12. The summed E-state index contributed by atoms with van der Waals surface area (Å²) >= 11 is 0. The average molecular weight is 286 g/mol. The van der Waals surface area contributed by atoms with E-state index in [1.54, 1.807) is 18.3 Å². The van der Waals surface area contributed by atoms with E-state index in [-0.39, 0.29) is 0 Å². The number of rotatable bonds is 4. The van der Waals surface area contributed by atoms with Gasteiger partial charge in [0.15, 0.2) is 0 Å². The SMILES string of the molecule is N#Cc1cccnc1Nc1cccc(Nc2ccccc2)c1. The molecule has 0 fully saturated rings. The van der Waals surface area contributed by atoms with E-state index in [2.05, 4.69) is 21.7 Å². The van der Waals surface area contributed by atoms with Crippen LogP contribution in [0, 0.1) is 11.3 Å². The number of para-hydroxylation sites is 1. The zero-order valence-corrected chi connectivity index (χ0v) is 11.8. The van der Waals surface area contributed by atoms with Crippen molar-refractivity contribution in [1.82, 2.24) is 4.98 Å². The highest BCUT2D eigenvalue weighted by molar-refractivity contribution is 5.69. The minimum absolute atomic E-state index is 0.518. The topological polar surface area (TPSA) is 60.7 Å². The van der Waals surface area contributed by atoms with Gasteiger partial charge in [0.25, 0.3) is 0 Å². The Bertz CT molecular complexity index is 807. The summed E-state index contributed by atoms with van der Waals surface area (Å²) in [5.74, 6) is 0.557. The van der Waals surface area contributed by atoms with Gasteiger partial charge in [0.2, 0.25) is 0 Å². The summed E-state index contributed by atoms with van der Waals surface area (Å²) in [6.07, 6.45) is 1.66. The summed E-state index contributed by atoms with van der Waals surface area (Å²) in [5.41, 5.74) is 3.38. The Balaban J connectivity index is 1.81. The molecule has 0 saturated carbocycles.